The molecule has 3 aromatic rings. The molecule has 5 rings (SSSR count). The number of anilines is 2. The zero-order chi connectivity index (χ0) is 24.7. The highest BCUT2D eigenvalue weighted by molar-refractivity contribution is 7.81. The summed E-state index contributed by atoms with van der Waals surface area (Å²) < 4.78 is 16.3. The maximum atomic E-state index is 13.8. The number of benzene rings is 3. The topological polar surface area (TPSA) is 85.4 Å². The first kappa shape index (κ1) is 22.5. The lowest BCUT2D eigenvalue weighted by Crippen LogP contribution is -2.61. The maximum absolute atomic E-state index is 13.8. The molecule has 3 aromatic carbocycles. The number of esters is 1. The molecule has 0 aromatic heterocycles. The van der Waals surface area contributed by atoms with E-state index in [2.05, 4.69) is 0 Å². The number of carbonyl (C=O) groups is 3. The molecular formula is C26H20N2O6S. The van der Waals surface area contributed by atoms with Crippen molar-refractivity contribution in [3.63, 3.8) is 0 Å². The van der Waals surface area contributed by atoms with Gasteiger partial charge in [-0.1, -0.05) is 42.5 Å². The van der Waals surface area contributed by atoms with Gasteiger partial charge in [-0.15, -0.1) is 0 Å². The van der Waals surface area contributed by atoms with E-state index in [9.17, 15) is 14.4 Å². The Morgan fingerprint density at radius 3 is 1.80 bits per heavy atom. The fourth-order valence-electron chi connectivity index (χ4n) is 4.44. The third-order valence-electron chi connectivity index (χ3n) is 6.01. The number of cyclic esters (lactones) is 1. The van der Waals surface area contributed by atoms with Gasteiger partial charge in [-0.2, -0.15) is 0 Å². The van der Waals surface area contributed by atoms with E-state index in [1.807, 2.05) is 12.1 Å². The molecule has 0 radical (unpaired) electrons. The number of methoxy groups -OCH3 is 2. The van der Waals surface area contributed by atoms with Crippen LogP contribution in [0.5, 0.6) is 11.5 Å². The molecule has 0 bridgehead atoms. The molecule has 176 valence electrons. The first-order chi connectivity index (χ1) is 17.0. The standard InChI is InChI=1S/C26H20N2O6S/c1-32-18-14-13-17-19(22(18)33-2)25(31)34-21(17)20-23(29)27(15-9-5-3-6-10-15)26(35)28(24(20)30)16-11-7-4-8-12-16/h3-14,20-21H,1-2H3/t21-/m1/s1. The van der Waals surface area contributed by atoms with Gasteiger partial charge < -0.3 is 14.2 Å². The van der Waals surface area contributed by atoms with Crippen molar-refractivity contribution in [2.75, 3.05) is 24.0 Å². The van der Waals surface area contributed by atoms with Crippen molar-refractivity contribution in [2.24, 2.45) is 5.92 Å². The molecule has 0 saturated carbocycles. The summed E-state index contributed by atoms with van der Waals surface area (Å²) in [6.07, 6.45) is -1.17. The molecule has 0 unspecified atom stereocenters. The number of amides is 2. The van der Waals surface area contributed by atoms with E-state index in [0.29, 0.717) is 22.7 Å². The van der Waals surface area contributed by atoms with Gasteiger partial charge in [0.05, 0.1) is 25.6 Å². The van der Waals surface area contributed by atoms with E-state index in [-0.39, 0.29) is 16.4 Å². The van der Waals surface area contributed by atoms with Crippen LogP contribution in [-0.4, -0.2) is 37.1 Å². The van der Waals surface area contributed by atoms with Gasteiger partial charge in [-0.05, 0) is 42.5 Å². The molecule has 1 atom stereocenters. The zero-order valence-corrected chi connectivity index (χ0v) is 19.7. The van der Waals surface area contributed by atoms with E-state index in [1.165, 1.54) is 24.0 Å². The van der Waals surface area contributed by atoms with Crippen molar-refractivity contribution in [1.29, 1.82) is 0 Å². The summed E-state index contributed by atoms with van der Waals surface area (Å²) in [6.45, 7) is 0. The summed E-state index contributed by atoms with van der Waals surface area (Å²) in [5, 5.41) is 0.0190. The lowest BCUT2D eigenvalue weighted by atomic mass is 9.89. The minimum atomic E-state index is -1.37. The lowest BCUT2D eigenvalue weighted by Gasteiger charge is -2.40. The highest BCUT2D eigenvalue weighted by Gasteiger charge is 2.53. The highest BCUT2D eigenvalue weighted by Crippen LogP contribution is 2.46. The van der Waals surface area contributed by atoms with Crippen LogP contribution in [0.4, 0.5) is 11.4 Å². The Balaban J connectivity index is 1.66. The molecule has 0 N–H and O–H groups in total. The fraction of sp³-hybridized carbons (Fsp3) is 0.154. The number of hydrogen-bond acceptors (Lipinski definition) is 7. The normalized spacial score (nSPS) is 17.9. The Morgan fingerprint density at radius 2 is 1.31 bits per heavy atom. The minimum Gasteiger partial charge on any atom is -0.493 e. The Labute approximate surface area is 206 Å². The Bertz CT molecular complexity index is 1280. The second kappa shape index (κ2) is 8.84. The molecule has 35 heavy (non-hydrogen) atoms. The Morgan fingerprint density at radius 1 is 0.771 bits per heavy atom. The molecule has 2 aliphatic rings. The SMILES string of the molecule is COc1ccc2c(c1OC)C(=O)O[C@H]2C1C(=O)N(c2ccccc2)C(=S)N(c2ccccc2)C1=O. The number of para-hydroxylation sites is 2. The molecular weight excluding hydrogens is 468 g/mol. The largest absolute Gasteiger partial charge is 0.493 e. The van der Waals surface area contributed by atoms with Crippen LogP contribution in [0.1, 0.15) is 22.0 Å². The predicted molar refractivity (Wildman–Crippen MR) is 132 cm³/mol. The monoisotopic (exact) mass is 488 g/mol. The van der Waals surface area contributed by atoms with Gasteiger partial charge in [0.25, 0.3) is 0 Å². The summed E-state index contributed by atoms with van der Waals surface area (Å²) in [7, 11) is 2.86. The van der Waals surface area contributed by atoms with Gasteiger partial charge in [-0.3, -0.25) is 19.4 Å². The number of nitrogens with zero attached hydrogens (tertiary/aromatic N) is 2. The molecule has 2 aliphatic heterocycles. The van der Waals surface area contributed by atoms with E-state index < -0.39 is 29.8 Å². The average Bonchev–Trinajstić information content (AvgIpc) is 3.20. The van der Waals surface area contributed by atoms with Gasteiger partial charge in [-0.25, -0.2) is 4.79 Å². The van der Waals surface area contributed by atoms with Gasteiger partial charge in [0.1, 0.15) is 11.7 Å². The predicted octanol–water partition coefficient (Wildman–Crippen LogP) is 3.90. The minimum absolute atomic E-state index is 0.0190. The molecule has 1 saturated heterocycles. The highest BCUT2D eigenvalue weighted by atomic mass is 32.1. The Hall–Kier alpha value is -4.24. The number of rotatable bonds is 5. The van der Waals surface area contributed by atoms with Crippen LogP contribution in [0.3, 0.4) is 0 Å². The third kappa shape index (κ3) is 3.52. The summed E-state index contributed by atoms with van der Waals surface area (Å²) >= 11 is 5.63. The summed E-state index contributed by atoms with van der Waals surface area (Å²) in [4.78, 5) is 43.2. The summed E-state index contributed by atoms with van der Waals surface area (Å²) in [5.41, 5.74) is 1.49. The van der Waals surface area contributed by atoms with Gasteiger partial charge in [0.15, 0.2) is 22.5 Å². The van der Waals surface area contributed by atoms with Crippen molar-refractivity contribution in [2.45, 2.75) is 6.10 Å². The van der Waals surface area contributed by atoms with Crippen molar-refractivity contribution in [3.8, 4) is 11.5 Å². The smallest absolute Gasteiger partial charge is 0.343 e. The molecule has 9 heteroatoms. The van der Waals surface area contributed by atoms with Crippen LogP contribution in [0.15, 0.2) is 72.8 Å². The van der Waals surface area contributed by atoms with Crippen molar-refractivity contribution >= 4 is 46.5 Å². The second-order valence-electron chi connectivity index (χ2n) is 7.87. The molecule has 0 spiro atoms. The number of fused-ring (bicyclic) bond motifs is 1. The third-order valence-corrected chi connectivity index (χ3v) is 6.37. The van der Waals surface area contributed by atoms with Gasteiger partial charge in [0, 0.05) is 5.56 Å². The molecule has 8 nitrogen and oxygen atoms in total. The quantitative estimate of drug-likeness (QED) is 0.306. The Kier molecular flexibility index (Phi) is 5.70. The zero-order valence-electron chi connectivity index (χ0n) is 18.8. The number of hydrogen-bond donors (Lipinski definition) is 0. The van der Waals surface area contributed by atoms with Crippen molar-refractivity contribution < 1.29 is 28.6 Å². The van der Waals surface area contributed by atoms with Gasteiger partial charge in [0.2, 0.25) is 11.8 Å². The molecule has 2 heterocycles. The van der Waals surface area contributed by atoms with Gasteiger partial charge >= 0.3 is 5.97 Å². The van der Waals surface area contributed by atoms with E-state index in [0.717, 1.165) is 0 Å². The number of ether oxygens (including phenoxy) is 3. The second-order valence-corrected chi connectivity index (χ2v) is 8.23. The lowest BCUT2D eigenvalue weighted by molar-refractivity contribution is -0.136. The number of carbonyl (C=O) groups excluding carboxylic acids is 3. The van der Waals surface area contributed by atoms with Crippen LogP contribution in [0.25, 0.3) is 0 Å². The summed E-state index contributed by atoms with van der Waals surface area (Å²) in [5.74, 6) is -2.72. The number of thiocarbonyl (C=S) groups is 1. The van der Waals surface area contributed by atoms with E-state index in [4.69, 9.17) is 26.4 Å². The maximum Gasteiger partial charge on any atom is 0.343 e. The van der Waals surface area contributed by atoms with Crippen molar-refractivity contribution in [1.82, 2.24) is 0 Å². The molecule has 2 amide bonds. The fourth-order valence-corrected chi connectivity index (χ4v) is 4.83. The van der Waals surface area contributed by atoms with Crippen LogP contribution < -0.4 is 19.3 Å². The van der Waals surface area contributed by atoms with Crippen molar-refractivity contribution in [3.05, 3.63) is 83.9 Å². The molecule has 0 aliphatic carbocycles. The van der Waals surface area contributed by atoms with Crippen LogP contribution >= 0.6 is 12.2 Å². The van der Waals surface area contributed by atoms with Crippen LogP contribution in [-0.2, 0) is 14.3 Å². The van der Waals surface area contributed by atoms with E-state index in [1.54, 1.807) is 60.7 Å². The first-order valence-corrected chi connectivity index (χ1v) is 11.2. The van der Waals surface area contributed by atoms with Crippen LogP contribution in [0.2, 0.25) is 0 Å². The summed E-state index contributed by atoms with van der Waals surface area (Å²) in [6, 6.07) is 20.8. The van der Waals surface area contributed by atoms with Crippen LogP contribution in [0, 0.1) is 5.92 Å². The molecule has 1 fully saturated rings. The first-order valence-electron chi connectivity index (χ1n) is 10.8. The average molecular weight is 489 g/mol. The van der Waals surface area contributed by atoms with E-state index >= 15 is 0 Å².